The smallest absolute Gasteiger partial charge is 0.291 e. The summed E-state index contributed by atoms with van der Waals surface area (Å²) in [6.45, 7) is 5.25. The predicted molar refractivity (Wildman–Crippen MR) is 90.4 cm³/mol. The van der Waals surface area contributed by atoms with Gasteiger partial charge in [-0.15, -0.1) is 10.2 Å². The Balaban J connectivity index is 2.18. The van der Waals surface area contributed by atoms with E-state index in [1.54, 1.807) is 26.0 Å². The highest BCUT2D eigenvalue weighted by Gasteiger charge is 2.21. The molecule has 0 aliphatic carbocycles. The average molecular weight is 375 g/mol. The van der Waals surface area contributed by atoms with Gasteiger partial charge in [-0.05, 0) is 24.6 Å². The molecule has 2 N–H and O–H groups in total. The van der Waals surface area contributed by atoms with Gasteiger partial charge in [-0.2, -0.15) is 8.42 Å². The molecule has 0 atom stereocenters. The van der Waals surface area contributed by atoms with Gasteiger partial charge in [0, 0.05) is 10.9 Å². The number of amides is 1. The number of aromatic nitrogens is 2. The van der Waals surface area contributed by atoms with Gasteiger partial charge in [0.1, 0.15) is 0 Å². The lowest BCUT2D eigenvalue weighted by Gasteiger charge is -2.06. The summed E-state index contributed by atoms with van der Waals surface area (Å²) < 4.78 is 26.7. The number of nitrogens with one attached hydrogen (secondary N) is 2. The molecule has 0 saturated heterocycles. The molecule has 0 bridgehead atoms. The van der Waals surface area contributed by atoms with Crippen molar-refractivity contribution in [3.05, 3.63) is 28.8 Å². The highest BCUT2D eigenvalue weighted by atomic mass is 35.5. The fraction of sp³-hybridized carbons (Fsp3) is 0.308. The number of aryl methyl sites for hydroxylation is 1. The predicted octanol–water partition coefficient (Wildman–Crippen LogP) is 2.90. The topological polar surface area (TPSA) is 101 Å². The van der Waals surface area contributed by atoms with Crippen molar-refractivity contribution in [1.82, 2.24) is 10.2 Å². The van der Waals surface area contributed by atoms with Crippen molar-refractivity contribution < 1.29 is 13.2 Å². The summed E-state index contributed by atoms with van der Waals surface area (Å²) in [5.74, 6) is -0.504. The minimum atomic E-state index is -3.89. The minimum Gasteiger partial charge on any atom is -0.300 e. The standard InChI is InChI=1S/C13H15ClN4O3S2/c1-7(2)11(19)15-12-16-17-13(22-12)23(20,21)18-9-5-4-8(3)10(14)6-9/h4-7,18H,1-3H3,(H,15,16,19). The molecule has 1 aromatic carbocycles. The second-order valence-electron chi connectivity index (χ2n) is 5.09. The van der Waals surface area contributed by atoms with Crippen LogP contribution in [0.5, 0.6) is 0 Å². The van der Waals surface area contributed by atoms with Crippen LogP contribution in [0, 0.1) is 12.8 Å². The molecule has 0 aliphatic rings. The average Bonchev–Trinajstić information content (AvgIpc) is 2.92. The van der Waals surface area contributed by atoms with Crippen LogP contribution in [0.4, 0.5) is 10.8 Å². The molecule has 0 spiro atoms. The normalized spacial score (nSPS) is 11.5. The summed E-state index contributed by atoms with van der Waals surface area (Å²) in [5, 5.41) is 10.4. The van der Waals surface area contributed by atoms with E-state index in [-0.39, 0.29) is 21.3 Å². The molecule has 0 aliphatic heterocycles. The van der Waals surface area contributed by atoms with Gasteiger partial charge in [0.25, 0.3) is 14.4 Å². The quantitative estimate of drug-likeness (QED) is 0.783. The summed E-state index contributed by atoms with van der Waals surface area (Å²) in [5.41, 5.74) is 1.16. The third-order valence-corrected chi connectivity index (χ3v) is 5.81. The number of hydrogen-bond donors (Lipinski definition) is 2. The van der Waals surface area contributed by atoms with Gasteiger partial charge in [-0.1, -0.05) is 42.9 Å². The SMILES string of the molecule is Cc1ccc(NS(=O)(=O)c2nnc(NC(=O)C(C)C)s2)cc1Cl. The van der Waals surface area contributed by atoms with Crippen LogP contribution < -0.4 is 10.0 Å². The number of benzene rings is 1. The van der Waals surface area contributed by atoms with Crippen molar-refractivity contribution in [2.75, 3.05) is 10.0 Å². The Morgan fingerprint density at radius 1 is 1.30 bits per heavy atom. The first kappa shape index (κ1) is 17.6. The highest BCUT2D eigenvalue weighted by molar-refractivity contribution is 7.94. The highest BCUT2D eigenvalue weighted by Crippen LogP contribution is 2.25. The largest absolute Gasteiger partial charge is 0.300 e. The second kappa shape index (κ2) is 6.81. The lowest BCUT2D eigenvalue weighted by atomic mass is 10.2. The van der Waals surface area contributed by atoms with E-state index in [1.165, 1.54) is 6.07 Å². The second-order valence-corrected chi connectivity index (χ2v) is 8.33. The molecule has 2 rings (SSSR count). The van der Waals surface area contributed by atoms with Crippen LogP contribution in [-0.2, 0) is 14.8 Å². The van der Waals surface area contributed by atoms with Gasteiger partial charge in [-0.3, -0.25) is 9.52 Å². The number of carbonyl (C=O) groups is 1. The lowest BCUT2D eigenvalue weighted by molar-refractivity contribution is -0.118. The van der Waals surface area contributed by atoms with Gasteiger partial charge in [0.15, 0.2) is 0 Å². The Labute approximate surface area is 143 Å². The number of halogens is 1. The molecule has 1 aromatic heterocycles. The maximum atomic E-state index is 12.3. The summed E-state index contributed by atoms with van der Waals surface area (Å²) in [6.07, 6.45) is 0. The van der Waals surface area contributed by atoms with Crippen molar-refractivity contribution >= 4 is 49.7 Å². The monoisotopic (exact) mass is 374 g/mol. The zero-order valence-corrected chi connectivity index (χ0v) is 15.0. The third-order valence-electron chi connectivity index (χ3n) is 2.81. The van der Waals surface area contributed by atoms with Crippen molar-refractivity contribution in [1.29, 1.82) is 0 Å². The lowest BCUT2D eigenvalue weighted by Crippen LogP contribution is -2.17. The Kier molecular flexibility index (Phi) is 5.23. The molecular weight excluding hydrogens is 360 g/mol. The summed E-state index contributed by atoms with van der Waals surface area (Å²) in [7, 11) is -3.89. The van der Waals surface area contributed by atoms with E-state index in [9.17, 15) is 13.2 Å². The van der Waals surface area contributed by atoms with Gasteiger partial charge in [0.05, 0.1) is 5.69 Å². The van der Waals surface area contributed by atoms with Crippen LogP contribution in [0.15, 0.2) is 22.5 Å². The number of hydrogen-bond acceptors (Lipinski definition) is 6. The van der Waals surface area contributed by atoms with Crippen LogP contribution in [-0.4, -0.2) is 24.5 Å². The number of carbonyl (C=O) groups excluding carboxylic acids is 1. The van der Waals surface area contributed by atoms with Crippen LogP contribution in [0.2, 0.25) is 5.02 Å². The van der Waals surface area contributed by atoms with Crippen LogP contribution >= 0.6 is 22.9 Å². The van der Waals surface area contributed by atoms with E-state index in [4.69, 9.17) is 11.6 Å². The summed E-state index contributed by atoms with van der Waals surface area (Å²) in [6, 6.07) is 4.81. The fourth-order valence-corrected chi connectivity index (χ4v) is 3.61. The Bertz CT molecular complexity index is 833. The Morgan fingerprint density at radius 3 is 2.61 bits per heavy atom. The molecule has 124 valence electrons. The minimum absolute atomic E-state index is 0.131. The van der Waals surface area contributed by atoms with Gasteiger partial charge >= 0.3 is 0 Å². The van der Waals surface area contributed by atoms with Gasteiger partial charge in [0.2, 0.25) is 11.0 Å². The first-order valence-corrected chi connectivity index (χ1v) is 9.30. The molecule has 1 heterocycles. The Hall–Kier alpha value is -1.71. The first-order chi connectivity index (χ1) is 10.7. The third kappa shape index (κ3) is 4.40. The summed E-state index contributed by atoms with van der Waals surface area (Å²) >= 11 is 6.75. The molecule has 23 heavy (non-hydrogen) atoms. The van der Waals surface area contributed by atoms with Crippen LogP contribution in [0.25, 0.3) is 0 Å². The number of rotatable bonds is 5. The summed E-state index contributed by atoms with van der Waals surface area (Å²) in [4.78, 5) is 11.6. The van der Waals surface area contributed by atoms with Gasteiger partial charge < -0.3 is 5.32 Å². The molecule has 0 saturated carbocycles. The number of sulfonamides is 1. The Morgan fingerprint density at radius 2 is 2.00 bits per heavy atom. The maximum absolute atomic E-state index is 12.3. The van der Waals surface area contributed by atoms with Crippen molar-refractivity contribution in [3.63, 3.8) is 0 Å². The molecular formula is C13H15ClN4O3S2. The first-order valence-electron chi connectivity index (χ1n) is 6.62. The molecule has 1 amide bonds. The van der Waals surface area contributed by atoms with E-state index in [0.717, 1.165) is 16.9 Å². The maximum Gasteiger partial charge on any atom is 0.291 e. The van der Waals surface area contributed by atoms with Crippen molar-refractivity contribution in [2.24, 2.45) is 5.92 Å². The zero-order valence-electron chi connectivity index (χ0n) is 12.6. The fourth-order valence-electron chi connectivity index (χ4n) is 1.47. The van der Waals surface area contributed by atoms with Crippen molar-refractivity contribution in [2.45, 2.75) is 25.1 Å². The van der Waals surface area contributed by atoms with Crippen molar-refractivity contribution in [3.8, 4) is 0 Å². The molecule has 0 unspecified atom stereocenters. The zero-order chi connectivity index (χ0) is 17.2. The molecule has 7 nitrogen and oxygen atoms in total. The van der Waals surface area contributed by atoms with Crippen LogP contribution in [0.1, 0.15) is 19.4 Å². The molecule has 2 aromatic rings. The van der Waals surface area contributed by atoms with E-state index in [2.05, 4.69) is 20.2 Å². The van der Waals surface area contributed by atoms with E-state index in [0.29, 0.717) is 10.7 Å². The van der Waals surface area contributed by atoms with E-state index >= 15 is 0 Å². The van der Waals surface area contributed by atoms with Gasteiger partial charge in [-0.25, -0.2) is 0 Å². The number of nitrogens with zero attached hydrogens (tertiary/aromatic N) is 2. The number of anilines is 2. The molecule has 0 fully saturated rings. The molecule has 10 heteroatoms. The molecule has 0 radical (unpaired) electrons. The van der Waals surface area contributed by atoms with E-state index < -0.39 is 10.0 Å². The van der Waals surface area contributed by atoms with E-state index in [1.807, 2.05) is 6.92 Å². The van der Waals surface area contributed by atoms with Crippen LogP contribution in [0.3, 0.4) is 0 Å².